The molecule has 1 fully saturated rings. The van der Waals surface area contributed by atoms with Crippen molar-refractivity contribution >= 4 is 22.6 Å². The van der Waals surface area contributed by atoms with Crippen molar-refractivity contribution in [3.8, 4) is 17.6 Å². The Labute approximate surface area is 178 Å². The molecule has 0 spiro atoms. The van der Waals surface area contributed by atoms with Gasteiger partial charge in [0.1, 0.15) is 11.4 Å². The van der Waals surface area contributed by atoms with Crippen LogP contribution in [0.25, 0.3) is 22.6 Å². The molecule has 4 heterocycles. The fourth-order valence-electron chi connectivity index (χ4n) is 3.33. The molecule has 11 nitrogen and oxygen atoms in total. The Morgan fingerprint density at radius 2 is 2.12 bits per heavy atom. The SMILES string of the molecule is O=c1[nH]c(O)c(C=c2cnn3c(=NC4CC4)nc(Oc4ccc5ncccc5c4)nc23)[nH]1. The molecule has 0 bridgehead atoms. The molecule has 0 radical (unpaired) electrons. The van der Waals surface area contributed by atoms with Crippen molar-refractivity contribution in [2.24, 2.45) is 4.99 Å². The topological polar surface area (TPSA) is 146 Å². The number of rotatable bonds is 4. The van der Waals surface area contributed by atoms with Crippen LogP contribution >= 0.6 is 0 Å². The molecule has 6 rings (SSSR count). The molecule has 11 heteroatoms. The first-order valence-electron chi connectivity index (χ1n) is 9.98. The maximum absolute atomic E-state index is 11.5. The number of hydrogen-bond donors (Lipinski definition) is 3. The number of benzene rings is 1. The second-order valence-electron chi connectivity index (χ2n) is 7.45. The Balaban J connectivity index is 1.50. The number of aromatic hydroxyl groups is 1. The fraction of sp³-hybridized carbons (Fsp3) is 0.143. The molecule has 1 aliphatic carbocycles. The zero-order valence-corrected chi connectivity index (χ0v) is 16.6. The summed E-state index contributed by atoms with van der Waals surface area (Å²) in [7, 11) is 0. The molecule has 0 unspecified atom stereocenters. The third-order valence-corrected chi connectivity index (χ3v) is 5.02. The average molecular weight is 428 g/mol. The quantitative estimate of drug-likeness (QED) is 0.384. The molecule has 4 aromatic heterocycles. The van der Waals surface area contributed by atoms with Gasteiger partial charge in [-0.05, 0) is 43.2 Å². The van der Waals surface area contributed by atoms with E-state index in [2.05, 4.69) is 35.0 Å². The predicted molar refractivity (Wildman–Crippen MR) is 113 cm³/mol. The Hall–Kier alpha value is -4.54. The van der Waals surface area contributed by atoms with Gasteiger partial charge in [-0.2, -0.15) is 19.6 Å². The summed E-state index contributed by atoms with van der Waals surface area (Å²) in [6.45, 7) is 0. The Morgan fingerprint density at radius 1 is 1.22 bits per heavy atom. The lowest BCUT2D eigenvalue weighted by Crippen LogP contribution is -2.23. The number of hydrogen-bond acceptors (Lipinski definition) is 8. The first kappa shape index (κ1) is 18.2. The van der Waals surface area contributed by atoms with Crippen molar-refractivity contribution in [3.05, 3.63) is 69.7 Å². The van der Waals surface area contributed by atoms with Crippen LogP contribution < -0.4 is 21.3 Å². The van der Waals surface area contributed by atoms with Crippen LogP contribution in [0.3, 0.4) is 0 Å². The highest BCUT2D eigenvalue weighted by Gasteiger charge is 2.21. The third kappa shape index (κ3) is 3.35. The molecule has 5 aromatic rings. The van der Waals surface area contributed by atoms with Crippen LogP contribution in [0.4, 0.5) is 0 Å². The van der Waals surface area contributed by atoms with Crippen LogP contribution in [0, 0.1) is 0 Å². The van der Waals surface area contributed by atoms with E-state index in [9.17, 15) is 9.90 Å². The first-order valence-corrected chi connectivity index (χ1v) is 9.98. The van der Waals surface area contributed by atoms with Crippen LogP contribution in [-0.4, -0.2) is 45.7 Å². The van der Waals surface area contributed by atoms with Gasteiger partial charge in [-0.25, -0.2) is 9.79 Å². The minimum Gasteiger partial charge on any atom is -0.493 e. The molecular weight excluding hydrogens is 412 g/mol. The summed E-state index contributed by atoms with van der Waals surface area (Å²) in [5.74, 6) is 0.289. The molecular formula is C21H16N8O3. The molecule has 0 atom stereocenters. The normalized spacial score (nSPS) is 15.1. The lowest BCUT2D eigenvalue weighted by Gasteiger charge is -2.05. The summed E-state index contributed by atoms with van der Waals surface area (Å²) in [6, 6.07) is 9.64. The van der Waals surface area contributed by atoms with Crippen molar-refractivity contribution in [2.45, 2.75) is 18.9 Å². The van der Waals surface area contributed by atoms with E-state index in [0.717, 1.165) is 23.7 Å². The van der Waals surface area contributed by atoms with E-state index in [-0.39, 0.29) is 23.6 Å². The van der Waals surface area contributed by atoms with Crippen LogP contribution in [-0.2, 0) is 0 Å². The number of aromatic amines is 2. The fourth-order valence-corrected chi connectivity index (χ4v) is 3.33. The number of fused-ring (bicyclic) bond motifs is 2. The van der Waals surface area contributed by atoms with Crippen molar-refractivity contribution in [3.63, 3.8) is 0 Å². The van der Waals surface area contributed by atoms with E-state index in [1.165, 1.54) is 4.52 Å². The van der Waals surface area contributed by atoms with Gasteiger partial charge in [0, 0.05) is 16.8 Å². The molecule has 32 heavy (non-hydrogen) atoms. The molecule has 158 valence electrons. The number of H-pyrrole nitrogens is 2. The maximum atomic E-state index is 11.5. The third-order valence-electron chi connectivity index (χ3n) is 5.02. The van der Waals surface area contributed by atoms with Gasteiger partial charge in [-0.1, -0.05) is 6.07 Å². The molecule has 1 saturated carbocycles. The highest BCUT2D eigenvalue weighted by atomic mass is 16.5. The standard InChI is InChI=1S/C21H16N8O3/c30-18-16(25-20(31)27-18)9-12-10-23-29-17(12)26-21(28-19(29)24-13-3-4-13)32-14-5-6-15-11(8-14)2-1-7-22-15/h1-2,5-10,13,30H,3-4H2,(H2,25,27,31). The van der Waals surface area contributed by atoms with Crippen LogP contribution in [0.15, 0.2) is 52.5 Å². The maximum Gasteiger partial charge on any atom is 0.327 e. The molecule has 3 N–H and O–H groups in total. The molecule has 0 saturated heterocycles. The number of nitrogens with zero attached hydrogens (tertiary/aromatic N) is 6. The van der Waals surface area contributed by atoms with E-state index in [0.29, 0.717) is 22.2 Å². The Bertz CT molecular complexity index is 1660. The van der Waals surface area contributed by atoms with Crippen molar-refractivity contribution in [1.29, 1.82) is 0 Å². The number of imidazole rings is 1. The lowest BCUT2D eigenvalue weighted by molar-refractivity contribution is 0.436. The zero-order chi connectivity index (χ0) is 21.7. The minimum absolute atomic E-state index is 0.113. The summed E-state index contributed by atoms with van der Waals surface area (Å²) in [4.78, 5) is 34.2. The van der Waals surface area contributed by atoms with E-state index < -0.39 is 5.69 Å². The van der Waals surface area contributed by atoms with Gasteiger partial charge in [-0.15, -0.1) is 0 Å². The van der Waals surface area contributed by atoms with Crippen LogP contribution in [0.5, 0.6) is 17.6 Å². The van der Waals surface area contributed by atoms with Gasteiger partial charge in [0.15, 0.2) is 5.65 Å². The van der Waals surface area contributed by atoms with Crippen LogP contribution in [0.1, 0.15) is 18.5 Å². The Morgan fingerprint density at radius 3 is 2.94 bits per heavy atom. The Kier molecular flexibility index (Phi) is 4.00. The number of aromatic nitrogens is 7. The van der Waals surface area contributed by atoms with E-state index in [4.69, 9.17) is 4.74 Å². The monoisotopic (exact) mass is 428 g/mol. The van der Waals surface area contributed by atoms with Crippen molar-refractivity contribution in [2.75, 3.05) is 0 Å². The second-order valence-corrected chi connectivity index (χ2v) is 7.45. The van der Waals surface area contributed by atoms with Gasteiger partial charge in [0.2, 0.25) is 5.88 Å². The molecule has 0 aliphatic heterocycles. The van der Waals surface area contributed by atoms with Gasteiger partial charge in [0.25, 0.3) is 5.62 Å². The van der Waals surface area contributed by atoms with E-state index in [1.54, 1.807) is 24.5 Å². The molecule has 0 amide bonds. The summed E-state index contributed by atoms with van der Waals surface area (Å²) in [6.07, 6.45) is 6.86. The molecule has 1 aliphatic rings. The predicted octanol–water partition coefficient (Wildman–Crippen LogP) is 0.798. The summed E-state index contributed by atoms with van der Waals surface area (Å²) in [5, 5.41) is 15.7. The zero-order valence-electron chi connectivity index (χ0n) is 16.6. The van der Waals surface area contributed by atoms with Crippen LogP contribution in [0.2, 0.25) is 0 Å². The van der Waals surface area contributed by atoms with Gasteiger partial charge in [0.05, 0.1) is 17.8 Å². The van der Waals surface area contributed by atoms with Gasteiger partial charge < -0.3 is 14.8 Å². The molecule has 1 aromatic carbocycles. The van der Waals surface area contributed by atoms with E-state index >= 15 is 0 Å². The number of ether oxygens (including phenoxy) is 1. The summed E-state index contributed by atoms with van der Waals surface area (Å²) >= 11 is 0. The average Bonchev–Trinajstić information content (AvgIpc) is 3.42. The smallest absolute Gasteiger partial charge is 0.327 e. The summed E-state index contributed by atoms with van der Waals surface area (Å²) in [5.41, 5.74) is 1.36. The highest BCUT2D eigenvalue weighted by molar-refractivity contribution is 5.79. The lowest BCUT2D eigenvalue weighted by atomic mass is 10.2. The number of nitrogens with one attached hydrogen (secondary N) is 2. The largest absolute Gasteiger partial charge is 0.493 e. The van der Waals surface area contributed by atoms with Gasteiger partial charge >= 0.3 is 11.7 Å². The van der Waals surface area contributed by atoms with Gasteiger partial charge in [-0.3, -0.25) is 9.97 Å². The minimum atomic E-state index is -0.515. The number of pyridine rings is 1. The summed E-state index contributed by atoms with van der Waals surface area (Å²) < 4.78 is 7.48. The van der Waals surface area contributed by atoms with Crippen molar-refractivity contribution in [1.82, 2.24) is 34.5 Å². The highest BCUT2D eigenvalue weighted by Crippen LogP contribution is 2.24. The first-order chi connectivity index (χ1) is 15.6. The van der Waals surface area contributed by atoms with E-state index in [1.807, 2.05) is 24.3 Å². The van der Waals surface area contributed by atoms with Crippen molar-refractivity contribution < 1.29 is 9.84 Å². The second kappa shape index (κ2) is 7.01.